The SMILES string of the molecule is c1ccc2c(c1)CCCN2c1cc(-c2[nH]cc3ccccc23)c(-c2cc3ccccc3[nH]2)c(-c2cnc3ccccc3n2)c1-c1ccc2ccccc2n1. The summed E-state index contributed by atoms with van der Waals surface area (Å²) >= 11 is 0. The number of para-hydroxylation sites is 5. The van der Waals surface area contributed by atoms with E-state index in [1.165, 1.54) is 11.3 Å². The normalized spacial score (nSPS) is 12.9. The predicted octanol–water partition coefficient (Wildman–Crippen LogP) is 11.9. The van der Waals surface area contributed by atoms with Gasteiger partial charge < -0.3 is 14.9 Å². The Hall–Kier alpha value is -7.05. The van der Waals surface area contributed by atoms with Crippen molar-refractivity contribution in [2.45, 2.75) is 12.8 Å². The molecule has 0 atom stereocenters. The number of benzene rings is 6. The van der Waals surface area contributed by atoms with E-state index in [0.717, 1.165) is 114 Å². The Kier molecular flexibility index (Phi) is 6.95. The van der Waals surface area contributed by atoms with E-state index < -0.39 is 0 Å². The smallest absolute Gasteiger partial charge is 0.0907 e. The van der Waals surface area contributed by atoms with Crippen LogP contribution in [0.15, 0.2) is 158 Å². The molecule has 256 valence electrons. The number of aromatic amines is 2. The molecule has 54 heavy (non-hydrogen) atoms. The maximum absolute atomic E-state index is 5.43. The van der Waals surface area contributed by atoms with Crippen LogP contribution in [-0.4, -0.2) is 31.5 Å². The zero-order chi connectivity index (χ0) is 35.6. The lowest BCUT2D eigenvalue weighted by Gasteiger charge is -2.34. The third-order valence-corrected chi connectivity index (χ3v) is 10.9. The minimum absolute atomic E-state index is 0.788. The van der Waals surface area contributed by atoms with Crippen LogP contribution in [0.4, 0.5) is 11.4 Å². The van der Waals surface area contributed by atoms with Crippen molar-refractivity contribution < 1.29 is 0 Å². The maximum atomic E-state index is 5.43. The molecule has 6 nitrogen and oxygen atoms in total. The van der Waals surface area contributed by atoms with Gasteiger partial charge in [-0.2, -0.15) is 0 Å². The molecule has 0 aliphatic carbocycles. The quantitative estimate of drug-likeness (QED) is 0.188. The van der Waals surface area contributed by atoms with Gasteiger partial charge in [-0.3, -0.25) is 4.98 Å². The van der Waals surface area contributed by atoms with Crippen molar-refractivity contribution in [1.29, 1.82) is 0 Å². The Morgan fingerprint density at radius 3 is 2.20 bits per heavy atom. The van der Waals surface area contributed by atoms with Crippen molar-refractivity contribution in [3.63, 3.8) is 0 Å². The number of rotatable bonds is 5. The Morgan fingerprint density at radius 2 is 1.30 bits per heavy atom. The summed E-state index contributed by atoms with van der Waals surface area (Å²) in [5, 5.41) is 4.56. The molecule has 0 spiro atoms. The van der Waals surface area contributed by atoms with E-state index in [1.807, 2.05) is 30.5 Å². The number of H-pyrrole nitrogens is 2. The third-order valence-electron chi connectivity index (χ3n) is 10.9. The molecule has 1 aliphatic rings. The zero-order valence-electron chi connectivity index (χ0n) is 29.4. The lowest BCUT2D eigenvalue weighted by atomic mass is 9.85. The average molecular weight is 695 g/mol. The molecule has 0 saturated heterocycles. The third kappa shape index (κ3) is 4.91. The van der Waals surface area contributed by atoms with Crippen LogP contribution < -0.4 is 4.90 Å². The highest BCUT2D eigenvalue weighted by Gasteiger charge is 2.31. The molecule has 6 heteroatoms. The lowest BCUT2D eigenvalue weighted by Crippen LogP contribution is -2.25. The molecule has 11 rings (SSSR count). The second-order valence-corrected chi connectivity index (χ2v) is 14.1. The fourth-order valence-electron chi connectivity index (χ4n) is 8.45. The molecule has 6 aromatic carbocycles. The molecule has 0 fully saturated rings. The first-order valence-electron chi connectivity index (χ1n) is 18.6. The molecule has 4 aromatic heterocycles. The molecular weight excluding hydrogens is 661 g/mol. The van der Waals surface area contributed by atoms with E-state index in [0.29, 0.717) is 0 Å². The highest BCUT2D eigenvalue weighted by atomic mass is 15.1. The van der Waals surface area contributed by atoms with Crippen LogP contribution in [0, 0.1) is 0 Å². The number of pyridine rings is 1. The standard InChI is InChI=1S/C48H34N6/c1-5-17-34-33(15-1)28-50-48(34)35-27-44(54-25-11-16-31-13-4-10-22-43(31)54)46(40-24-23-30-12-2-6-18-36(30)51-40)47(42-29-49-38-20-8-9-21-39(38)53-42)45(35)41-26-32-14-3-7-19-37(32)52-41/h1-10,12-15,17-24,26-29,50,52H,11,16,25H2. The Bertz CT molecular complexity index is 3030. The van der Waals surface area contributed by atoms with Crippen molar-refractivity contribution in [2.75, 3.05) is 11.4 Å². The van der Waals surface area contributed by atoms with Gasteiger partial charge in [0.15, 0.2) is 0 Å². The highest BCUT2D eigenvalue weighted by Crippen LogP contribution is 2.52. The van der Waals surface area contributed by atoms with Gasteiger partial charge in [0.2, 0.25) is 0 Å². The topological polar surface area (TPSA) is 73.5 Å². The molecule has 0 saturated carbocycles. The Labute approximate surface area is 311 Å². The first-order chi connectivity index (χ1) is 26.8. The summed E-state index contributed by atoms with van der Waals surface area (Å²) in [5.74, 6) is 0. The minimum Gasteiger partial charge on any atom is -0.360 e. The van der Waals surface area contributed by atoms with E-state index in [-0.39, 0.29) is 0 Å². The van der Waals surface area contributed by atoms with Gasteiger partial charge in [0.05, 0.1) is 45.5 Å². The monoisotopic (exact) mass is 694 g/mol. The zero-order valence-corrected chi connectivity index (χ0v) is 29.4. The van der Waals surface area contributed by atoms with Crippen LogP contribution in [0.5, 0.6) is 0 Å². The molecule has 0 bridgehead atoms. The van der Waals surface area contributed by atoms with Crippen molar-refractivity contribution in [3.8, 4) is 45.0 Å². The first kappa shape index (κ1) is 30.6. The van der Waals surface area contributed by atoms with Crippen molar-refractivity contribution >= 4 is 55.0 Å². The first-order valence-corrected chi connectivity index (χ1v) is 18.6. The molecule has 1 aliphatic heterocycles. The number of aromatic nitrogens is 5. The summed E-state index contributed by atoms with van der Waals surface area (Å²) in [4.78, 5) is 25.9. The second kappa shape index (κ2) is 12.3. The molecule has 10 aromatic rings. The highest BCUT2D eigenvalue weighted by molar-refractivity contribution is 6.10. The van der Waals surface area contributed by atoms with Gasteiger partial charge in [0, 0.05) is 68.1 Å². The number of hydrogen-bond donors (Lipinski definition) is 2. The summed E-state index contributed by atoms with van der Waals surface area (Å²) in [7, 11) is 0. The average Bonchev–Trinajstić information content (AvgIpc) is 3.87. The van der Waals surface area contributed by atoms with Gasteiger partial charge in [-0.1, -0.05) is 97.1 Å². The molecular formula is C48H34N6. The van der Waals surface area contributed by atoms with Crippen molar-refractivity contribution in [1.82, 2.24) is 24.9 Å². The number of nitrogens with zero attached hydrogens (tertiary/aromatic N) is 4. The maximum Gasteiger partial charge on any atom is 0.0907 e. The summed E-state index contributed by atoms with van der Waals surface area (Å²) in [6, 6.07) is 51.4. The van der Waals surface area contributed by atoms with Crippen LogP contribution in [-0.2, 0) is 6.42 Å². The van der Waals surface area contributed by atoms with Crippen LogP contribution >= 0.6 is 0 Å². The predicted molar refractivity (Wildman–Crippen MR) is 222 cm³/mol. The number of hydrogen-bond acceptors (Lipinski definition) is 4. The van der Waals surface area contributed by atoms with E-state index >= 15 is 0 Å². The van der Waals surface area contributed by atoms with E-state index in [2.05, 4.69) is 142 Å². The van der Waals surface area contributed by atoms with E-state index in [1.54, 1.807) is 0 Å². The summed E-state index contributed by atoms with van der Waals surface area (Å²) in [5.41, 5.74) is 15.2. The van der Waals surface area contributed by atoms with Crippen molar-refractivity contribution in [2.24, 2.45) is 0 Å². The summed E-state index contributed by atoms with van der Waals surface area (Å²) in [6.07, 6.45) is 6.14. The molecule has 0 radical (unpaired) electrons. The van der Waals surface area contributed by atoms with Crippen molar-refractivity contribution in [3.05, 3.63) is 164 Å². The molecule has 0 unspecified atom stereocenters. The van der Waals surface area contributed by atoms with Gasteiger partial charge in [0.25, 0.3) is 0 Å². The fourth-order valence-corrected chi connectivity index (χ4v) is 8.45. The van der Waals surface area contributed by atoms with Crippen LogP contribution in [0.3, 0.4) is 0 Å². The molecule has 5 heterocycles. The lowest BCUT2D eigenvalue weighted by molar-refractivity contribution is 0.767. The summed E-state index contributed by atoms with van der Waals surface area (Å²) < 4.78 is 0. The van der Waals surface area contributed by atoms with Gasteiger partial charge in [-0.25, -0.2) is 9.97 Å². The van der Waals surface area contributed by atoms with Gasteiger partial charge in [0.1, 0.15) is 0 Å². The number of nitrogens with one attached hydrogen (secondary N) is 2. The Morgan fingerprint density at radius 1 is 0.556 bits per heavy atom. The number of fused-ring (bicyclic) bond motifs is 5. The van der Waals surface area contributed by atoms with Crippen LogP contribution in [0.1, 0.15) is 12.0 Å². The number of aryl methyl sites for hydroxylation is 1. The number of anilines is 2. The summed E-state index contributed by atoms with van der Waals surface area (Å²) in [6.45, 7) is 0.872. The second-order valence-electron chi connectivity index (χ2n) is 14.1. The van der Waals surface area contributed by atoms with Crippen LogP contribution in [0.25, 0.3) is 88.6 Å². The molecule has 0 amide bonds. The van der Waals surface area contributed by atoms with Gasteiger partial charge >= 0.3 is 0 Å². The molecule has 2 N–H and O–H groups in total. The Balaban J connectivity index is 1.35. The largest absolute Gasteiger partial charge is 0.360 e. The fraction of sp³-hybridized carbons (Fsp3) is 0.0625. The van der Waals surface area contributed by atoms with Crippen LogP contribution in [0.2, 0.25) is 0 Å². The van der Waals surface area contributed by atoms with Gasteiger partial charge in [-0.05, 0) is 72.3 Å². The minimum atomic E-state index is 0.788. The van der Waals surface area contributed by atoms with E-state index in [9.17, 15) is 0 Å². The van der Waals surface area contributed by atoms with E-state index in [4.69, 9.17) is 15.0 Å². The van der Waals surface area contributed by atoms with Gasteiger partial charge in [-0.15, -0.1) is 0 Å².